The van der Waals surface area contributed by atoms with Gasteiger partial charge in [-0.1, -0.05) is 0 Å². The Kier molecular flexibility index (Phi) is 4.44. The van der Waals surface area contributed by atoms with E-state index >= 15 is 0 Å². The predicted molar refractivity (Wildman–Crippen MR) is 74.9 cm³/mol. The van der Waals surface area contributed by atoms with Crippen molar-refractivity contribution in [3.05, 3.63) is 23.8 Å². The van der Waals surface area contributed by atoms with Gasteiger partial charge in [-0.15, -0.1) is 0 Å². The van der Waals surface area contributed by atoms with Crippen LogP contribution in [0.5, 0.6) is 0 Å². The highest BCUT2D eigenvalue weighted by atomic mass is 32.2. The number of benzene rings is 1. The highest BCUT2D eigenvalue weighted by Crippen LogP contribution is 2.19. The molecule has 0 atom stereocenters. The molecule has 1 aliphatic heterocycles. The van der Waals surface area contributed by atoms with Crippen LogP contribution in [0, 0.1) is 6.92 Å². The second-order valence-corrected chi connectivity index (χ2v) is 6.88. The Morgan fingerprint density at radius 3 is 2.63 bits per heavy atom. The molecule has 19 heavy (non-hydrogen) atoms. The third-order valence-corrected chi connectivity index (χ3v) is 5.16. The first-order valence-corrected chi connectivity index (χ1v) is 8.03. The summed E-state index contributed by atoms with van der Waals surface area (Å²) in [6.07, 6.45) is 0. The lowest BCUT2D eigenvalue weighted by atomic mass is 10.2. The molecular formula is C13H20N2O3S. The molecule has 2 N–H and O–H groups in total. The first kappa shape index (κ1) is 14.3. The molecule has 0 unspecified atom stereocenters. The van der Waals surface area contributed by atoms with Crippen molar-refractivity contribution in [3.63, 3.8) is 0 Å². The molecule has 1 saturated heterocycles. The molecule has 0 spiro atoms. The maximum absolute atomic E-state index is 12.3. The molecule has 1 heterocycles. The smallest absolute Gasteiger partial charge is 0.179 e. The molecule has 6 heteroatoms. The summed E-state index contributed by atoms with van der Waals surface area (Å²) in [5.74, 6) is 0.137. The van der Waals surface area contributed by atoms with Crippen molar-refractivity contribution < 1.29 is 13.2 Å². The predicted octanol–water partition coefficient (Wildman–Crippen LogP) is 0.683. The van der Waals surface area contributed by atoms with Crippen LogP contribution in [-0.2, 0) is 14.6 Å². The fourth-order valence-corrected chi connectivity index (χ4v) is 3.75. The normalized spacial score (nSPS) is 17.5. The lowest BCUT2D eigenvalue weighted by Crippen LogP contribution is -2.39. The molecule has 5 nitrogen and oxygen atoms in total. The second-order valence-electron chi connectivity index (χ2n) is 4.80. The molecule has 0 aromatic heterocycles. The highest BCUT2D eigenvalue weighted by molar-refractivity contribution is 7.91. The van der Waals surface area contributed by atoms with Crippen molar-refractivity contribution in [3.8, 4) is 0 Å². The number of nitrogens with zero attached hydrogens (tertiary/aromatic N) is 1. The van der Waals surface area contributed by atoms with Gasteiger partial charge in [-0.3, -0.25) is 4.90 Å². The van der Waals surface area contributed by atoms with Gasteiger partial charge in [0.05, 0.1) is 23.9 Å². The zero-order valence-corrected chi connectivity index (χ0v) is 11.9. The Morgan fingerprint density at radius 1 is 1.32 bits per heavy atom. The maximum Gasteiger partial charge on any atom is 0.179 e. The van der Waals surface area contributed by atoms with Crippen molar-refractivity contribution >= 4 is 15.5 Å². The number of hydrogen-bond acceptors (Lipinski definition) is 5. The van der Waals surface area contributed by atoms with Crippen LogP contribution in [0.4, 0.5) is 5.69 Å². The molecular weight excluding hydrogens is 264 g/mol. The number of morpholine rings is 1. The molecule has 0 bridgehead atoms. The summed E-state index contributed by atoms with van der Waals surface area (Å²) in [6.45, 7) is 5.29. The van der Waals surface area contributed by atoms with E-state index in [4.69, 9.17) is 10.5 Å². The quantitative estimate of drug-likeness (QED) is 0.823. The Morgan fingerprint density at radius 2 is 2.00 bits per heavy atom. The van der Waals surface area contributed by atoms with E-state index in [1.54, 1.807) is 25.1 Å². The molecule has 0 amide bonds. The number of anilines is 1. The maximum atomic E-state index is 12.3. The zero-order chi connectivity index (χ0) is 13.9. The molecule has 106 valence electrons. The summed E-state index contributed by atoms with van der Waals surface area (Å²) in [5.41, 5.74) is 6.94. The van der Waals surface area contributed by atoms with Gasteiger partial charge in [-0.2, -0.15) is 0 Å². The molecule has 1 aliphatic rings. The van der Waals surface area contributed by atoms with E-state index in [2.05, 4.69) is 4.90 Å². The van der Waals surface area contributed by atoms with Crippen LogP contribution >= 0.6 is 0 Å². The van der Waals surface area contributed by atoms with Gasteiger partial charge in [0, 0.05) is 25.3 Å². The van der Waals surface area contributed by atoms with Crippen LogP contribution in [0.1, 0.15) is 5.56 Å². The minimum Gasteiger partial charge on any atom is -0.399 e. The molecule has 1 aromatic carbocycles. The van der Waals surface area contributed by atoms with E-state index in [0.29, 0.717) is 35.9 Å². The monoisotopic (exact) mass is 284 g/mol. The van der Waals surface area contributed by atoms with Gasteiger partial charge >= 0.3 is 0 Å². The van der Waals surface area contributed by atoms with Crippen LogP contribution in [0.25, 0.3) is 0 Å². The van der Waals surface area contributed by atoms with Crippen molar-refractivity contribution in [1.82, 2.24) is 4.90 Å². The summed E-state index contributed by atoms with van der Waals surface area (Å²) in [4.78, 5) is 2.50. The number of hydrogen-bond donors (Lipinski definition) is 1. The van der Waals surface area contributed by atoms with Gasteiger partial charge in [-0.25, -0.2) is 8.42 Å². The van der Waals surface area contributed by atoms with E-state index in [0.717, 1.165) is 13.1 Å². The second kappa shape index (κ2) is 5.90. The van der Waals surface area contributed by atoms with Gasteiger partial charge in [-0.05, 0) is 30.7 Å². The minimum atomic E-state index is -3.25. The van der Waals surface area contributed by atoms with Gasteiger partial charge in [0.25, 0.3) is 0 Å². The molecule has 2 rings (SSSR count). The Labute approximate surface area is 114 Å². The van der Waals surface area contributed by atoms with E-state index in [1.807, 2.05) is 0 Å². The summed E-state index contributed by atoms with van der Waals surface area (Å²) in [7, 11) is -3.25. The fourth-order valence-electron chi connectivity index (χ4n) is 2.21. The van der Waals surface area contributed by atoms with Gasteiger partial charge in [0.2, 0.25) is 0 Å². The molecule has 1 aromatic rings. The number of aryl methyl sites for hydroxylation is 1. The van der Waals surface area contributed by atoms with Gasteiger partial charge in [0.1, 0.15) is 0 Å². The SMILES string of the molecule is Cc1cc(N)ccc1S(=O)(=O)CCN1CCOCC1. The average Bonchev–Trinajstić information content (AvgIpc) is 2.37. The Bertz CT molecular complexity index is 537. The molecule has 1 fully saturated rings. The standard InChI is InChI=1S/C13H20N2O3S/c1-11-10-12(14)2-3-13(11)19(16,17)9-6-15-4-7-18-8-5-15/h2-3,10H,4-9,14H2,1H3. The van der Waals surface area contributed by atoms with Crippen molar-refractivity contribution in [2.45, 2.75) is 11.8 Å². The van der Waals surface area contributed by atoms with Crippen LogP contribution in [0.15, 0.2) is 23.1 Å². The lowest BCUT2D eigenvalue weighted by Gasteiger charge is -2.26. The third-order valence-electron chi connectivity index (χ3n) is 3.31. The first-order valence-electron chi connectivity index (χ1n) is 6.38. The molecule has 0 aliphatic carbocycles. The number of ether oxygens (including phenoxy) is 1. The van der Waals surface area contributed by atoms with Crippen LogP contribution in [0.3, 0.4) is 0 Å². The van der Waals surface area contributed by atoms with E-state index in [9.17, 15) is 8.42 Å². The fraction of sp³-hybridized carbons (Fsp3) is 0.538. The van der Waals surface area contributed by atoms with Crippen LogP contribution < -0.4 is 5.73 Å². The lowest BCUT2D eigenvalue weighted by molar-refractivity contribution is 0.0408. The van der Waals surface area contributed by atoms with Gasteiger partial charge < -0.3 is 10.5 Å². The van der Waals surface area contributed by atoms with E-state index in [-0.39, 0.29) is 5.75 Å². The first-order chi connectivity index (χ1) is 8.99. The number of sulfone groups is 1. The van der Waals surface area contributed by atoms with Crippen molar-refractivity contribution in [1.29, 1.82) is 0 Å². The van der Waals surface area contributed by atoms with Crippen molar-refractivity contribution in [2.24, 2.45) is 0 Å². The molecule has 0 saturated carbocycles. The third kappa shape index (κ3) is 3.68. The van der Waals surface area contributed by atoms with Crippen LogP contribution in [0.2, 0.25) is 0 Å². The summed E-state index contributed by atoms with van der Waals surface area (Å²) < 4.78 is 29.9. The highest BCUT2D eigenvalue weighted by Gasteiger charge is 2.19. The molecule has 0 radical (unpaired) electrons. The summed E-state index contributed by atoms with van der Waals surface area (Å²) in [5, 5.41) is 0. The van der Waals surface area contributed by atoms with E-state index in [1.165, 1.54) is 0 Å². The van der Waals surface area contributed by atoms with Gasteiger partial charge in [0.15, 0.2) is 9.84 Å². The zero-order valence-electron chi connectivity index (χ0n) is 11.1. The Balaban J connectivity index is 2.05. The average molecular weight is 284 g/mol. The van der Waals surface area contributed by atoms with Crippen LogP contribution in [-0.4, -0.2) is 51.9 Å². The summed E-state index contributed by atoms with van der Waals surface area (Å²) in [6, 6.07) is 4.93. The summed E-state index contributed by atoms with van der Waals surface area (Å²) >= 11 is 0. The van der Waals surface area contributed by atoms with Crippen molar-refractivity contribution in [2.75, 3.05) is 44.3 Å². The number of nitrogens with two attached hydrogens (primary N) is 1. The number of rotatable bonds is 4. The number of nitrogen functional groups attached to an aromatic ring is 1. The Hall–Kier alpha value is -1.11. The largest absolute Gasteiger partial charge is 0.399 e. The minimum absolute atomic E-state index is 0.137. The van der Waals surface area contributed by atoms with E-state index < -0.39 is 9.84 Å². The topological polar surface area (TPSA) is 72.6 Å².